The normalized spacial score (nSPS) is 12.0. The highest BCUT2D eigenvalue weighted by atomic mass is 19.3. The van der Waals surface area contributed by atoms with Gasteiger partial charge in [0.2, 0.25) is 0 Å². The second-order valence-electron chi connectivity index (χ2n) is 2.56. The number of hydrogen-bond acceptors (Lipinski definition) is 3. The standard InChI is InChI=1S/C7H10F2N2O/c1-7(8,9)6-11-4-5(12-6)2-3-10/h4H,2-3,10H2,1H3. The highest BCUT2D eigenvalue weighted by Gasteiger charge is 2.30. The molecule has 0 atom stereocenters. The van der Waals surface area contributed by atoms with Crippen LogP contribution in [-0.4, -0.2) is 11.5 Å². The molecule has 0 fully saturated rings. The summed E-state index contributed by atoms with van der Waals surface area (Å²) in [7, 11) is 0. The predicted molar refractivity (Wildman–Crippen MR) is 38.8 cm³/mol. The monoisotopic (exact) mass is 176 g/mol. The molecule has 0 amide bonds. The van der Waals surface area contributed by atoms with Crippen molar-refractivity contribution in [1.29, 1.82) is 0 Å². The third-order valence-corrected chi connectivity index (χ3v) is 1.32. The average Bonchev–Trinajstić information content (AvgIpc) is 2.35. The number of hydrogen-bond donors (Lipinski definition) is 1. The largest absolute Gasteiger partial charge is 0.440 e. The van der Waals surface area contributed by atoms with Gasteiger partial charge in [-0.15, -0.1) is 0 Å². The smallest absolute Gasteiger partial charge is 0.319 e. The Morgan fingerprint density at radius 1 is 1.67 bits per heavy atom. The van der Waals surface area contributed by atoms with Gasteiger partial charge in [0, 0.05) is 13.3 Å². The fourth-order valence-electron chi connectivity index (χ4n) is 0.768. The molecule has 5 heteroatoms. The predicted octanol–water partition coefficient (Wildman–Crippen LogP) is 1.29. The van der Waals surface area contributed by atoms with E-state index in [1.807, 2.05) is 0 Å². The zero-order valence-electron chi connectivity index (χ0n) is 6.68. The van der Waals surface area contributed by atoms with Gasteiger partial charge < -0.3 is 10.2 Å². The van der Waals surface area contributed by atoms with E-state index in [1.54, 1.807) is 0 Å². The fourth-order valence-corrected chi connectivity index (χ4v) is 0.768. The molecule has 68 valence electrons. The highest BCUT2D eigenvalue weighted by molar-refractivity contribution is 4.98. The van der Waals surface area contributed by atoms with Crippen molar-refractivity contribution in [3.63, 3.8) is 0 Å². The van der Waals surface area contributed by atoms with Gasteiger partial charge in [-0.2, -0.15) is 8.78 Å². The van der Waals surface area contributed by atoms with E-state index in [2.05, 4.69) is 4.98 Å². The maximum Gasteiger partial charge on any atom is 0.319 e. The lowest BCUT2D eigenvalue weighted by atomic mass is 10.4. The molecule has 1 rings (SSSR count). The number of oxazole rings is 1. The second kappa shape index (κ2) is 3.18. The number of rotatable bonds is 3. The molecule has 2 N–H and O–H groups in total. The van der Waals surface area contributed by atoms with Crippen LogP contribution in [0.25, 0.3) is 0 Å². The van der Waals surface area contributed by atoms with Crippen molar-refractivity contribution in [3.05, 3.63) is 17.8 Å². The van der Waals surface area contributed by atoms with Crippen molar-refractivity contribution in [2.75, 3.05) is 6.54 Å². The van der Waals surface area contributed by atoms with Gasteiger partial charge in [-0.1, -0.05) is 0 Å². The Kier molecular flexibility index (Phi) is 2.42. The summed E-state index contributed by atoms with van der Waals surface area (Å²) in [4.78, 5) is 3.43. The third-order valence-electron chi connectivity index (χ3n) is 1.32. The van der Waals surface area contributed by atoms with Crippen LogP contribution in [0.3, 0.4) is 0 Å². The maximum atomic E-state index is 12.5. The summed E-state index contributed by atoms with van der Waals surface area (Å²) in [5, 5.41) is 0. The van der Waals surface area contributed by atoms with Gasteiger partial charge >= 0.3 is 5.92 Å². The number of aromatic nitrogens is 1. The molecule has 1 heterocycles. The molecule has 1 aromatic rings. The average molecular weight is 176 g/mol. The quantitative estimate of drug-likeness (QED) is 0.754. The third kappa shape index (κ3) is 2.01. The van der Waals surface area contributed by atoms with E-state index < -0.39 is 11.8 Å². The Morgan fingerprint density at radius 3 is 2.75 bits per heavy atom. The minimum absolute atomic E-state index is 0.365. The van der Waals surface area contributed by atoms with E-state index in [4.69, 9.17) is 10.2 Å². The van der Waals surface area contributed by atoms with Crippen LogP contribution in [0.2, 0.25) is 0 Å². The van der Waals surface area contributed by atoms with Crippen LogP contribution in [0.5, 0.6) is 0 Å². The zero-order valence-corrected chi connectivity index (χ0v) is 6.68. The summed E-state index contributed by atoms with van der Waals surface area (Å²) in [6.07, 6.45) is 1.71. The first-order valence-corrected chi connectivity index (χ1v) is 3.57. The molecule has 0 unspecified atom stereocenters. The van der Waals surface area contributed by atoms with Gasteiger partial charge in [-0.3, -0.25) is 0 Å². The van der Waals surface area contributed by atoms with Gasteiger partial charge in [0.25, 0.3) is 5.89 Å². The van der Waals surface area contributed by atoms with Crippen LogP contribution in [-0.2, 0) is 12.3 Å². The molecule has 0 aliphatic carbocycles. The molecule has 0 spiro atoms. The van der Waals surface area contributed by atoms with Crippen molar-refractivity contribution in [3.8, 4) is 0 Å². The summed E-state index contributed by atoms with van der Waals surface area (Å²) in [6, 6.07) is 0. The number of nitrogens with zero attached hydrogens (tertiary/aromatic N) is 1. The van der Waals surface area contributed by atoms with Crippen molar-refractivity contribution in [2.24, 2.45) is 5.73 Å². The molecule has 0 saturated heterocycles. The highest BCUT2D eigenvalue weighted by Crippen LogP contribution is 2.25. The van der Waals surface area contributed by atoms with E-state index in [0.29, 0.717) is 18.7 Å². The van der Waals surface area contributed by atoms with Crippen molar-refractivity contribution in [1.82, 2.24) is 4.98 Å². The molecular weight excluding hydrogens is 166 g/mol. The maximum absolute atomic E-state index is 12.5. The van der Waals surface area contributed by atoms with E-state index >= 15 is 0 Å². The van der Waals surface area contributed by atoms with Gasteiger partial charge in [-0.05, 0) is 6.54 Å². The summed E-state index contributed by atoms with van der Waals surface area (Å²) in [6.45, 7) is 1.11. The molecule has 0 aliphatic heterocycles. The zero-order chi connectivity index (χ0) is 9.19. The Morgan fingerprint density at radius 2 is 2.33 bits per heavy atom. The molecule has 0 aromatic carbocycles. The van der Waals surface area contributed by atoms with Crippen LogP contribution in [0.15, 0.2) is 10.6 Å². The van der Waals surface area contributed by atoms with Gasteiger partial charge in [0.05, 0.1) is 6.20 Å². The first kappa shape index (κ1) is 9.12. The molecule has 3 nitrogen and oxygen atoms in total. The molecule has 0 aliphatic rings. The lowest BCUT2D eigenvalue weighted by Crippen LogP contribution is -2.07. The summed E-state index contributed by atoms with van der Waals surface area (Å²) >= 11 is 0. The number of halogens is 2. The van der Waals surface area contributed by atoms with Crippen LogP contribution in [0, 0.1) is 0 Å². The summed E-state index contributed by atoms with van der Waals surface area (Å²) in [5.41, 5.74) is 5.20. The van der Waals surface area contributed by atoms with Gasteiger partial charge in [0.1, 0.15) is 5.76 Å². The molecule has 0 radical (unpaired) electrons. The van der Waals surface area contributed by atoms with E-state index in [0.717, 1.165) is 6.92 Å². The van der Waals surface area contributed by atoms with Crippen LogP contribution in [0.1, 0.15) is 18.6 Å². The number of alkyl halides is 2. The Hall–Kier alpha value is -0.970. The van der Waals surface area contributed by atoms with E-state index in [1.165, 1.54) is 6.20 Å². The van der Waals surface area contributed by atoms with Crippen molar-refractivity contribution < 1.29 is 13.2 Å². The van der Waals surface area contributed by atoms with Crippen molar-refractivity contribution in [2.45, 2.75) is 19.3 Å². The minimum atomic E-state index is -3.01. The topological polar surface area (TPSA) is 52.0 Å². The lowest BCUT2D eigenvalue weighted by molar-refractivity contribution is -0.0117. The molecule has 0 saturated carbocycles. The van der Waals surface area contributed by atoms with Crippen LogP contribution in [0.4, 0.5) is 8.78 Å². The van der Waals surface area contributed by atoms with Crippen molar-refractivity contribution >= 4 is 0 Å². The van der Waals surface area contributed by atoms with E-state index in [-0.39, 0.29) is 0 Å². The molecule has 0 bridgehead atoms. The van der Waals surface area contributed by atoms with Gasteiger partial charge in [-0.25, -0.2) is 4.98 Å². The minimum Gasteiger partial charge on any atom is -0.440 e. The summed E-state index contributed by atoms with van der Waals surface area (Å²) in [5.74, 6) is -3.16. The first-order valence-electron chi connectivity index (χ1n) is 3.57. The van der Waals surface area contributed by atoms with Crippen LogP contribution >= 0.6 is 0 Å². The first-order chi connectivity index (χ1) is 5.54. The van der Waals surface area contributed by atoms with Gasteiger partial charge in [0.15, 0.2) is 0 Å². The molecule has 1 aromatic heterocycles. The number of nitrogens with two attached hydrogens (primary N) is 1. The van der Waals surface area contributed by atoms with E-state index in [9.17, 15) is 8.78 Å². The SMILES string of the molecule is CC(F)(F)c1ncc(CCN)o1. The molecular formula is C7H10F2N2O. The Bertz CT molecular complexity index is 254. The molecule has 12 heavy (non-hydrogen) atoms. The second-order valence-corrected chi connectivity index (χ2v) is 2.56. The Balaban J connectivity index is 2.77. The Labute approximate surface area is 68.6 Å². The lowest BCUT2D eigenvalue weighted by Gasteiger charge is -2.02. The fraction of sp³-hybridized carbons (Fsp3) is 0.571. The van der Waals surface area contributed by atoms with Crippen LogP contribution < -0.4 is 5.73 Å². The summed E-state index contributed by atoms with van der Waals surface area (Å²) < 4.78 is 29.8.